The summed E-state index contributed by atoms with van der Waals surface area (Å²) in [5.74, 6) is -1.30. The number of aliphatic hydroxyl groups is 1. The number of nitrogens with zero attached hydrogens (tertiary/aromatic N) is 1. The molecule has 0 saturated heterocycles. The highest BCUT2D eigenvalue weighted by Gasteiger charge is 2.35. The zero-order valence-corrected chi connectivity index (χ0v) is 12.8. The van der Waals surface area contributed by atoms with Crippen LogP contribution in [-0.2, 0) is 14.3 Å². The molecule has 1 aromatic rings. The molecule has 2 N–H and O–H groups in total. The third kappa shape index (κ3) is 2.73. The van der Waals surface area contributed by atoms with E-state index in [2.05, 4.69) is 10.1 Å². The van der Waals surface area contributed by atoms with Gasteiger partial charge in [0.15, 0.2) is 17.3 Å². The van der Waals surface area contributed by atoms with Gasteiger partial charge in [0.1, 0.15) is 5.70 Å². The monoisotopic (exact) mass is 338 g/mol. The van der Waals surface area contributed by atoms with Crippen LogP contribution < -0.4 is 14.8 Å². The minimum absolute atomic E-state index is 0.0163. The number of β-amino-alcohol motifs (C(OH)–C–C–N with tert-alkyl or cyclic N) is 1. The van der Waals surface area contributed by atoms with Gasteiger partial charge < -0.3 is 29.5 Å². The molecule has 0 unspecified atom stereocenters. The summed E-state index contributed by atoms with van der Waals surface area (Å²) in [6, 6.07) is 2.48. The molecule has 0 atom stereocenters. The fraction of sp³-hybridized carbons (Fsp3) is 0.333. The first-order valence-corrected chi connectivity index (χ1v) is 7.13. The quantitative estimate of drug-likeness (QED) is 0.742. The van der Waals surface area contributed by atoms with E-state index in [0.717, 1.165) is 6.07 Å². The summed E-state index contributed by atoms with van der Waals surface area (Å²) < 4.78 is 29.1. The molecule has 0 fully saturated rings. The standard InChI is InChI=1S/C15H15FN2O6/c1-22-15(21)8-6-18(2-3-19)14(20)13(8)17-10-5-12-11(4-9(10)16)23-7-24-12/h4-5,17,19H,2-3,6-7H2,1H3. The smallest absolute Gasteiger partial charge is 0.337 e. The van der Waals surface area contributed by atoms with Gasteiger partial charge in [-0.05, 0) is 0 Å². The van der Waals surface area contributed by atoms with Crippen LogP contribution in [0.1, 0.15) is 0 Å². The summed E-state index contributed by atoms with van der Waals surface area (Å²) in [7, 11) is 1.19. The summed E-state index contributed by atoms with van der Waals surface area (Å²) in [6.07, 6.45) is 0. The molecule has 9 heteroatoms. The van der Waals surface area contributed by atoms with Crippen molar-refractivity contribution in [3.05, 3.63) is 29.2 Å². The van der Waals surface area contributed by atoms with Crippen molar-refractivity contribution in [2.24, 2.45) is 0 Å². The lowest BCUT2D eigenvalue weighted by Gasteiger charge is -2.15. The molecule has 8 nitrogen and oxygen atoms in total. The van der Waals surface area contributed by atoms with Gasteiger partial charge in [-0.3, -0.25) is 4.79 Å². The summed E-state index contributed by atoms with van der Waals surface area (Å²) in [4.78, 5) is 25.5. The molecular formula is C15H15FN2O6. The molecule has 2 aliphatic heterocycles. The van der Waals surface area contributed by atoms with Crippen molar-refractivity contribution >= 4 is 17.6 Å². The maximum Gasteiger partial charge on any atom is 0.337 e. The molecule has 0 bridgehead atoms. The van der Waals surface area contributed by atoms with E-state index in [4.69, 9.17) is 14.6 Å². The maximum atomic E-state index is 14.2. The highest BCUT2D eigenvalue weighted by Crippen LogP contribution is 2.37. The third-order valence-electron chi connectivity index (χ3n) is 3.68. The van der Waals surface area contributed by atoms with Crippen molar-refractivity contribution in [1.82, 2.24) is 4.90 Å². The Morgan fingerprint density at radius 3 is 2.79 bits per heavy atom. The Kier molecular flexibility index (Phi) is 4.26. The topological polar surface area (TPSA) is 97.3 Å². The minimum atomic E-state index is -0.701. The van der Waals surface area contributed by atoms with Crippen LogP contribution in [0.3, 0.4) is 0 Å². The van der Waals surface area contributed by atoms with Crippen molar-refractivity contribution in [2.45, 2.75) is 0 Å². The van der Waals surface area contributed by atoms with Crippen molar-refractivity contribution in [3.63, 3.8) is 0 Å². The Morgan fingerprint density at radius 2 is 2.12 bits per heavy atom. The number of carbonyl (C=O) groups is 2. The molecule has 0 radical (unpaired) electrons. The van der Waals surface area contributed by atoms with Crippen LogP contribution in [0.2, 0.25) is 0 Å². The number of hydrogen-bond acceptors (Lipinski definition) is 7. The number of ether oxygens (including phenoxy) is 3. The largest absolute Gasteiger partial charge is 0.466 e. The van der Waals surface area contributed by atoms with E-state index >= 15 is 0 Å². The van der Waals surface area contributed by atoms with E-state index in [1.807, 2.05) is 0 Å². The second-order valence-corrected chi connectivity index (χ2v) is 5.11. The third-order valence-corrected chi connectivity index (χ3v) is 3.68. The Labute approximate surface area is 136 Å². The van der Waals surface area contributed by atoms with Gasteiger partial charge in [0.25, 0.3) is 5.91 Å². The van der Waals surface area contributed by atoms with Crippen molar-refractivity contribution < 1.29 is 33.3 Å². The molecular weight excluding hydrogens is 323 g/mol. The van der Waals surface area contributed by atoms with Gasteiger partial charge in [-0.15, -0.1) is 0 Å². The molecule has 0 spiro atoms. The van der Waals surface area contributed by atoms with E-state index in [1.54, 1.807) is 0 Å². The molecule has 128 valence electrons. The predicted octanol–water partition coefficient (Wildman–Crippen LogP) is 0.228. The van der Waals surface area contributed by atoms with Gasteiger partial charge in [-0.25, -0.2) is 9.18 Å². The number of hydrogen-bond donors (Lipinski definition) is 2. The van der Waals surface area contributed by atoms with E-state index in [0.29, 0.717) is 5.75 Å². The van der Waals surface area contributed by atoms with E-state index < -0.39 is 17.7 Å². The normalized spacial score (nSPS) is 16.0. The van der Waals surface area contributed by atoms with Crippen LogP contribution in [0.4, 0.5) is 10.1 Å². The first-order valence-electron chi connectivity index (χ1n) is 7.13. The molecule has 2 heterocycles. The molecule has 24 heavy (non-hydrogen) atoms. The van der Waals surface area contributed by atoms with Crippen LogP contribution in [0.25, 0.3) is 0 Å². The molecule has 1 amide bonds. The zero-order chi connectivity index (χ0) is 17.3. The number of esters is 1. The molecule has 1 aromatic carbocycles. The molecule has 3 rings (SSSR count). The number of amides is 1. The average Bonchev–Trinajstić information content (AvgIpc) is 3.13. The van der Waals surface area contributed by atoms with Crippen LogP contribution in [0.5, 0.6) is 11.5 Å². The predicted molar refractivity (Wildman–Crippen MR) is 78.9 cm³/mol. The zero-order valence-electron chi connectivity index (χ0n) is 12.8. The fourth-order valence-electron chi connectivity index (χ4n) is 2.50. The van der Waals surface area contributed by atoms with E-state index in [1.165, 1.54) is 18.1 Å². The number of fused-ring (bicyclic) bond motifs is 1. The van der Waals surface area contributed by atoms with Crippen LogP contribution >= 0.6 is 0 Å². The van der Waals surface area contributed by atoms with Crippen molar-refractivity contribution in [1.29, 1.82) is 0 Å². The first kappa shape index (κ1) is 16.1. The maximum absolute atomic E-state index is 14.2. The van der Waals surface area contributed by atoms with Crippen molar-refractivity contribution in [2.75, 3.05) is 38.9 Å². The lowest BCUT2D eigenvalue weighted by Crippen LogP contribution is -2.31. The average molecular weight is 338 g/mol. The second-order valence-electron chi connectivity index (χ2n) is 5.11. The highest BCUT2D eigenvalue weighted by molar-refractivity contribution is 6.08. The number of nitrogens with one attached hydrogen (secondary N) is 1. The lowest BCUT2D eigenvalue weighted by molar-refractivity contribution is -0.136. The number of aliphatic hydroxyl groups excluding tert-OH is 1. The summed E-state index contributed by atoms with van der Waals surface area (Å²) in [6.45, 7) is -0.252. The molecule has 0 saturated carbocycles. The van der Waals surface area contributed by atoms with Crippen LogP contribution in [-0.4, -0.2) is 55.5 Å². The second kappa shape index (κ2) is 6.36. The number of carbonyl (C=O) groups excluding carboxylic acids is 2. The van der Waals surface area contributed by atoms with Gasteiger partial charge in [0.05, 0.1) is 31.5 Å². The number of methoxy groups -OCH3 is 1. The van der Waals surface area contributed by atoms with Gasteiger partial charge in [-0.1, -0.05) is 0 Å². The minimum Gasteiger partial charge on any atom is -0.466 e. The van der Waals surface area contributed by atoms with Crippen LogP contribution in [0.15, 0.2) is 23.4 Å². The molecule has 0 aromatic heterocycles. The SMILES string of the molecule is COC(=O)C1=C(Nc2cc3c(cc2F)OCO3)C(=O)N(CCO)C1. The Bertz CT molecular complexity index is 733. The van der Waals surface area contributed by atoms with E-state index in [9.17, 15) is 14.0 Å². The summed E-state index contributed by atoms with van der Waals surface area (Å²) >= 11 is 0. The highest BCUT2D eigenvalue weighted by atomic mass is 19.1. The number of benzene rings is 1. The number of anilines is 1. The fourth-order valence-corrected chi connectivity index (χ4v) is 2.50. The lowest BCUT2D eigenvalue weighted by atomic mass is 10.2. The summed E-state index contributed by atoms with van der Waals surface area (Å²) in [5, 5.41) is 11.7. The first-order chi connectivity index (χ1) is 11.5. The van der Waals surface area contributed by atoms with Crippen LogP contribution in [0, 0.1) is 5.82 Å². The van der Waals surface area contributed by atoms with Crippen molar-refractivity contribution in [3.8, 4) is 11.5 Å². The number of halogens is 1. The van der Waals surface area contributed by atoms with Gasteiger partial charge in [0, 0.05) is 18.7 Å². The van der Waals surface area contributed by atoms with E-state index in [-0.39, 0.29) is 49.2 Å². The molecule has 0 aliphatic carbocycles. The Morgan fingerprint density at radius 1 is 1.42 bits per heavy atom. The Hall–Kier alpha value is -2.81. The molecule has 2 aliphatic rings. The number of rotatable bonds is 5. The Balaban J connectivity index is 1.93. The summed E-state index contributed by atoms with van der Waals surface area (Å²) in [5.41, 5.74) is -0.0593. The van der Waals surface area contributed by atoms with Gasteiger partial charge >= 0.3 is 5.97 Å². The van der Waals surface area contributed by atoms with Gasteiger partial charge in [0.2, 0.25) is 6.79 Å². The van der Waals surface area contributed by atoms with Gasteiger partial charge in [-0.2, -0.15) is 0 Å².